The molecule has 2 aromatic rings. The summed E-state index contributed by atoms with van der Waals surface area (Å²) in [6.07, 6.45) is 0.893. The average Bonchev–Trinajstić information content (AvgIpc) is 2.79. The number of hydrogen-bond donors (Lipinski definition) is 0. The van der Waals surface area contributed by atoms with E-state index in [4.69, 9.17) is 0 Å². The highest BCUT2D eigenvalue weighted by molar-refractivity contribution is 7.07. The molecule has 1 fully saturated rings. The Labute approximate surface area is 150 Å². The number of halogens is 1. The Balaban J connectivity index is 1.56. The van der Waals surface area contributed by atoms with Gasteiger partial charge in [-0.3, -0.25) is 19.1 Å². The van der Waals surface area contributed by atoms with Crippen LogP contribution in [0.5, 0.6) is 0 Å². The van der Waals surface area contributed by atoms with Crippen molar-refractivity contribution in [2.24, 2.45) is 0 Å². The summed E-state index contributed by atoms with van der Waals surface area (Å²) in [4.78, 5) is 28.4. The van der Waals surface area contributed by atoms with Gasteiger partial charge in [0.15, 0.2) is 0 Å². The molecule has 0 aliphatic carbocycles. The van der Waals surface area contributed by atoms with Crippen LogP contribution in [0, 0.1) is 12.7 Å². The van der Waals surface area contributed by atoms with Crippen molar-refractivity contribution in [1.82, 2.24) is 14.4 Å². The summed E-state index contributed by atoms with van der Waals surface area (Å²) < 4.78 is 14.5. The van der Waals surface area contributed by atoms with E-state index in [1.54, 1.807) is 17.5 Å². The smallest absolute Gasteiger partial charge is 0.307 e. The quantitative estimate of drug-likeness (QED) is 0.836. The summed E-state index contributed by atoms with van der Waals surface area (Å²) >= 11 is 1.13. The molecule has 1 aliphatic heterocycles. The zero-order chi connectivity index (χ0) is 17.8. The number of carbonyl (C=O) groups excluding carboxylic acids is 1. The van der Waals surface area contributed by atoms with E-state index >= 15 is 0 Å². The molecule has 1 aromatic heterocycles. The van der Waals surface area contributed by atoms with E-state index in [0.717, 1.165) is 48.6 Å². The summed E-state index contributed by atoms with van der Waals surface area (Å²) in [5.41, 5.74) is 1.90. The molecule has 0 spiro atoms. The van der Waals surface area contributed by atoms with Crippen LogP contribution in [0.3, 0.4) is 0 Å². The van der Waals surface area contributed by atoms with Crippen molar-refractivity contribution in [1.29, 1.82) is 0 Å². The van der Waals surface area contributed by atoms with E-state index in [0.29, 0.717) is 13.1 Å². The lowest BCUT2D eigenvalue weighted by Gasteiger charge is -2.22. The Morgan fingerprint density at radius 3 is 2.60 bits per heavy atom. The maximum absolute atomic E-state index is 13.0. The lowest BCUT2D eigenvalue weighted by molar-refractivity contribution is -0.131. The van der Waals surface area contributed by atoms with Gasteiger partial charge in [0.2, 0.25) is 5.91 Å². The first-order valence-corrected chi connectivity index (χ1v) is 9.30. The standard InChI is InChI=1S/C18H22FN3O2S/c1-14-13-25-18(24)22(14)12-17(23)21-8-2-7-20(9-10-21)11-15-3-5-16(19)6-4-15/h3-6,13H,2,7-12H2,1H3. The van der Waals surface area contributed by atoms with Crippen molar-refractivity contribution in [2.75, 3.05) is 26.2 Å². The Kier molecular flexibility index (Phi) is 5.65. The highest BCUT2D eigenvalue weighted by atomic mass is 32.1. The largest absolute Gasteiger partial charge is 0.340 e. The first-order valence-electron chi connectivity index (χ1n) is 8.42. The van der Waals surface area contributed by atoms with Gasteiger partial charge in [-0.15, -0.1) is 0 Å². The van der Waals surface area contributed by atoms with E-state index < -0.39 is 0 Å². The van der Waals surface area contributed by atoms with Crippen molar-refractivity contribution in [3.05, 3.63) is 56.4 Å². The molecule has 0 saturated carbocycles. The van der Waals surface area contributed by atoms with Crippen molar-refractivity contribution in [2.45, 2.75) is 26.4 Å². The van der Waals surface area contributed by atoms with Gasteiger partial charge in [0.05, 0.1) is 0 Å². The number of carbonyl (C=O) groups is 1. The number of aryl methyl sites for hydroxylation is 1. The lowest BCUT2D eigenvalue weighted by Crippen LogP contribution is -2.38. The second kappa shape index (κ2) is 7.93. The Morgan fingerprint density at radius 1 is 1.16 bits per heavy atom. The number of hydrogen-bond acceptors (Lipinski definition) is 4. The van der Waals surface area contributed by atoms with Gasteiger partial charge in [-0.1, -0.05) is 23.5 Å². The second-order valence-corrected chi connectivity index (χ2v) is 7.19. The van der Waals surface area contributed by atoms with Gasteiger partial charge in [-0.05, 0) is 31.0 Å². The van der Waals surface area contributed by atoms with E-state index in [9.17, 15) is 14.0 Å². The molecule has 1 aliphatic rings. The second-order valence-electron chi connectivity index (χ2n) is 6.37. The molecule has 134 valence electrons. The first kappa shape index (κ1) is 17.8. The SMILES string of the molecule is Cc1csc(=O)n1CC(=O)N1CCCN(Cc2ccc(F)cc2)CC1. The number of aromatic nitrogens is 1. The van der Waals surface area contributed by atoms with Crippen LogP contribution >= 0.6 is 11.3 Å². The molecule has 0 atom stereocenters. The molecule has 1 saturated heterocycles. The fraction of sp³-hybridized carbons (Fsp3) is 0.444. The number of nitrogens with zero attached hydrogens (tertiary/aromatic N) is 3. The highest BCUT2D eigenvalue weighted by Crippen LogP contribution is 2.11. The molecule has 7 heteroatoms. The summed E-state index contributed by atoms with van der Waals surface area (Å²) in [5.74, 6) is -0.234. The maximum atomic E-state index is 13.0. The molecule has 0 bridgehead atoms. The normalized spacial score (nSPS) is 16.0. The van der Waals surface area contributed by atoms with E-state index in [-0.39, 0.29) is 23.1 Å². The number of thiazole rings is 1. The molecule has 1 amide bonds. The fourth-order valence-electron chi connectivity index (χ4n) is 3.06. The Morgan fingerprint density at radius 2 is 1.92 bits per heavy atom. The van der Waals surface area contributed by atoms with Crippen LogP contribution in [0.2, 0.25) is 0 Å². The topological polar surface area (TPSA) is 45.6 Å². The highest BCUT2D eigenvalue weighted by Gasteiger charge is 2.20. The summed E-state index contributed by atoms with van der Waals surface area (Å²) in [5, 5.41) is 1.78. The molecular formula is C18H22FN3O2S. The number of amides is 1. The third kappa shape index (κ3) is 4.55. The minimum Gasteiger partial charge on any atom is -0.340 e. The predicted molar refractivity (Wildman–Crippen MR) is 96.2 cm³/mol. The monoisotopic (exact) mass is 363 g/mol. The summed E-state index contributed by atoms with van der Waals surface area (Å²) in [7, 11) is 0. The van der Waals surface area contributed by atoms with Crippen LogP contribution in [0.15, 0.2) is 34.4 Å². The first-order chi connectivity index (χ1) is 12.0. The van der Waals surface area contributed by atoms with Gasteiger partial charge in [0.1, 0.15) is 12.4 Å². The average molecular weight is 363 g/mol. The van der Waals surface area contributed by atoms with Crippen molar-refractivity contribution >= 4 is 17.2 Å². The number of benzene rings is 1. The van der Waals surface area contributed by atoms with Crippen molar-refractivity contribution in [3.8, 4) is 0 Å². The van der Waals surface area contributed by atoms with Crippen LogP contribution in [-0.4, -0.2) is 46.5 Å². The summed E-state index contributed by atoms with van der Waals surface area (Å²) in [6.45, 7) is 5.75. The molecule has 0 unspecified atom stereocenters. The van der Waals surface area contributed by atoms with Gasteiger partial charge in [-0.25, -0.2) is 4.39 Å². The van der Waals surface area contributed by atoms with Crippen molar-refractivity contribution < 1.29 is 9.18 Å². The van der Waals surface area contributed by atoms with Crippen LogP contribution in [0.4, 0.5) is 4.39 Å². The molecule has 3 rings (SSSR count). The molecule has 2 heterocycles. The molecule has 5 nitrogen and oxygen atoms in total. The fourth-order valence-corrected chi connectivity index (χ4v) is 3.79. The van der Waals surface area contributed by atoms with E-state index in [1.165, 1.54) is 16.7 Å². The minimum atomic E-state index is -0.227. The molecule has 0 radical (unpaired) electrons. The maximum Gasteiger partial charge on any atom is 0.307 e. The van der Waals surface area contributed by atoms with Gasteiger partial charge in [0.25, 0.3) is 0 Å². The van der Waals surface area contributed by atoms with Crippen LogP contribution in [0.25, 0.3) is 0 Å². The molecular weight excluding hydrogens is 341 g/mol. The van der Waals surface area contributed by atoms with Gasteiger partial charge in [0, 0.05) is 43.8 Å². The van der Waals surface area contributed by atoms with E-state index in [2.05, 4.69) is 4.90 Å². The van der Waals surface area contributed by atoms with Gasteiger partial charge in [-0.2, -0.15) is 0 Å². The van der Waals surface area contributed by atoms with Gasteiger partial charge < -0.3 is 4.90 Å². The van der Waals surface area contributed by atoms with E-state index in [1.807, 2.05) is 11.8 Å². The Hall–Kier alpha value is -1.99. The third-order valence-corrected chi connectivity index (χ3v) is 5.41. The Bertz CT molecular complexity index is 784. The third-order valence-electron chi connectivity index (χ3n) is 4.53. The molecule has 0 N–H and O–H groups in total. The predicted octanol–water partition coefficient (Wildman–Crippen LogP) is 2.09. The summed E-state index contributed by atoms with van der Waals surface area (Å²) in [6, 6.07) is 6.55. The lowest BCUT2D eigenvalue weighted by atomic mass is 10.2. The minimum absolute atomic E-state index is 0.00719. The molecule has 25 heavy (non-hydrogen) atoms. The van der Waals surface area contributed by atoms with Crippen LogP contribution < -0.4 is 4.87 Å². The van der Waals surface area contributed by atoms with Gasteiger partial charge >= 0.3 is 4.87 Å². The number of rotatable bonds is 4. The van der Waals surface area contributed by atoms with Crippen molar-refractivity contribution in [3.63, 3.8) is 0 Å². The zero-order valence-electron chi connectivity index (χ0n) is 14.3. The van der Waals surface area contributed by atoms with Crippen LogP contribution in [0.1, 0.15) is 17.7 Å². The molecule has 1 aromatic carbocycles. The van der Waals surface area contributed by atoms with Crippen LogP contribution in [-0.2, 0) is 17.9 Å². The zero-order valence-corrected chi connectivity index (χ0v) is 15.1.